The van der Waals surface area contributed by atoms with Gasteiger partial charge in [-0.25, -0.2) is 9.07 Å². The van der Waals surface area contributed by atoms with E-state index in [2.05, 4.69) is 10.3 Å². The predicted octanol–water partition coefficient (Wildman–Crippen LogP) is 5.89. The largest absolute Gasteiger partial charge is 0.493 e. The average molecular weight is 563 g/mol. The number of para-hydroxylation sites is 1. The maximum atomic E-state index is 15.1. The molecule has 0 aliphatic rings. The Bertz CT molecular complexity index is 1830. The summed E-state index contributed by atoms with van der Waals surface area (Å²) in [5.41, 5.74) is 0.928. The normalized spacial score (nSPS) is 10.9. The smallest absolute Gasteiger partial charge is 0.284 e. The second kappa shape index (κ2) is 10.7. The number of hydrogen-bond donors (Lipinski definition) is 1. The van der Waals surface area contributed by atoms with Crippen LogP contribution in [0.2, 0.25) is 5.02 Å². The third-order valence-electron chi connectivity index (χ3n) is 6.48. The number of benzene rings is 3. The van der Waals surface area contributed by atoms with Gasteiger partial charge in [-0.3, -0.25) is 19.3 Å². The summed E-state index contributed by atoms with van der Waals surface area (Å²) in [6, 6.07) is 15.8. The van der Waals surface area contributed by atoms with Crippen LogP contribution in [0.3, 0.4) is 0 Å². The Hall–Kier alpha value is -4.83. The van der Waals surface area contributed by atoms with Gasteiger partial charge in [-0.2, -0.15) is 0 Å². The fourth-order valence-electron chi connectivity index (χ4n) is 4.37. The topological polar surface area (TPSA) is 96.6 Å². The van der Waals surface area contributed by atoms with Crippen LogP contribution in [-0.4, -0.2) is 34.5 Å². The van der Waals surface area contributed by atoms with Crippen LogP contribution in [0.15, 0.2) is 71.7 Å². The van der Waals surface area contributed by atoms with Crippen molar-refractivity contribution in [3.63, 3.8) is 0 Å². The first-order valence-corrected chi connectivity index (χ1v) is 12.4. The molecular weight excluding hydrogens is 539 g/mol. The van der Waals surface area contributed by atoms with Crippen molar-refractivity contribution in [2.24, 2.45) is 7.05 Å². The number of rotatable bonds is 7. The fraction of sp³-hybridized carbons (Fsp3) is 0.138. The van der Waals surface area contributed by atoms with E-state index in [1.807, 2.05) is 0 Å². The lowest BCUT2D eigenvalue weighted by Crippen LogP contribution is -2.25. The van der Waals surface area contributed by atoms with E-state index >= 15 is 4.39 Å². The molecule has 1 amide bonds. The van der Waals surface area contributed by atoms with E-state index < -0.39 is 17.3 Å². The Labute approximate surface area is 233 Å². The van der Waals surface area contributed by atoms with E-state index in [1.165, 1.54) is 37.2 Å². The van der Waals surface area contributed by atoms with Gasteiger partial charge in [-0.15, -0.1) is 0 Å². The van der Waals surface area contributed by atoms with Gasteiger partial charge in [0.2, 0.25) is 0 Å². The highest BCUT2D eigenvalue weighted by molar-refractivity contribution is 6.32. The van der Waals surface area contributed by atoms with Gasteiger partial charge in [0, 0.05) is 36.5 Å². The Kier molecular flexibility index (Phi) is 7.19. The summed E-state index contributed by atoms with van der Waals surface area (Å²) in [6.07, 6.45) is 1.54. The first kappa shape index (κ1) is 26.8. The Morgan fingerprint density at radius 2 is 1.70 bits per heavy atom. The Morgan fingerprint density at radius 1 is 0.975 bits per heavy atom. The molecular formula is C29H24ClFN4O5. The number of carbonyl (C=O) groups is 1. The number of pyridine rings is 1. The van der Waals surface area contributed by atoms with Crippen molar-refractivity contribution in [3.05, 3.63) is 99.3 Å². The van der Waals surface area contributed by atoms with Crippen LogP contribution < -0.4 is 25.1 Å². The minimum absolute atomic E-state index is 0.0720. The average Bonchev–Trinajstić information content (AvgIpc) is 3.17. The second-order valence-corrected chi connectivity index (χ2v) is 9.19. The van der Waals surface area contributed by atoms with Gasteiger partial charge in [-0.1, -0.05) is 23.7 Å². The molecule has 0 radical (unpaired) electrons. The number of halogens is 2. The van der Waals surface area contributed by atoms with Crippen molar-refractivity contribution in [3.8, 4) is 28.7 Å². The zero-order valence-corrected chi connectivity index (χ0v) is 22.7. The summed E-state index contributed by atoms with van der Waals surface area (Å²) < 4.78 is 34.5. The molecule has 9 nitrogen and oxygen atoms in total. The molecule has 0 saturated heterocycles. The number of ether oxygens (including phenoxy) is 3. The molecule has 40 heavy (non-hydrogen) atoms. The van der Waals surface area contributed by atoms with Gasteiger partial charge in [0.15, 0.2) is 23.1 Å². The SMILES string of the molecule is COc1cc2nccc(Oc3ccc(NC(=O)c4c(C)n(C)n(-c5ccccc5Cl)c4=O)cc3F)c2cc1OC. The van der Waals surface area contributed by atoms with Crippen molar-refractivity contribution in [2.75, 3.05) is 19.5 Å². The highest BCUT2D eigenvalue weighted by Crippen LogP contribution is 2.37. The molecule has 204 valence electrons. The van der Waals surface area contributed by atoms with Crippen molar-refractivity contribution < 1.29 is 23.4 Å². The predicted molar refractivity (Wildman–Crippen MR) is 150 cm³/mol. The molecule has 5 rings (SSSR count). The highest BCUT2D eigenvalue weighted by Gasteiger charge is 2.23. The molecule has 0 fully saturated rings. The number of nitrogens with one attached hydrogen (secondary N) is 1. The van der Waals surface area contributed by atoms with Gasteiger partial charge < -0.3 is 19.5 Å². The van der Waals surface area contributed by atoms with Crippen LogP contribution in [0.5, 0.6) is 23.0 Å². The van der Waals surface area contributed by atoms with Crippen molar-refractivity contribution in [1.82, 2.24) is 14.3 Å². The Morgan fingerprint density at radius 3 is 2.40 bits per heavy atom. The molecule has 3 aromatic carbocycles. The molecule has 0 bridgehead atoms. The lowest BCUT2D eigenvalue weighted by Gasteiger charge is -2.13. The van der Waals surface area contributed by atoms with Crippen LogP contribution >= 0.6 is 11.6 Å². The van der Waals surface area contributed by atoms with Crippen LogP contribution in [0.1, 0.15) is 16.1 Å². The van der Waals surface area contributed by atoms with Crippen molar-refractivity contribution in [2.45, 2.75) is 6.92 Å². The standard InChI is InChI=1S/C29H24ClFN4O5/c1-16-27(29(37)35(34(16)2)22-8-6-5-7-19(22)30)28(36)33-17-9-10-24(20(31)13-17)40-23-11-12-32-21-15-26(39-4)25(38-3)14-18(21)23/h5-15H,1-4H3,(H,33,36). The minimum atomic E-state index is -0.721. The van der Waals surface area contributed by atoms with Gasteiger partial charge in [0.25, 0.3) is 11.5 Å². The van der Waals surface area contributed by atoms with E-state index in [1.54, 1.807) is 61.1 Å². The lowest BCUT2D eigenvalue weighted by molar-refractivity contribution is 0.102. The van der Waals surface area contributed by atoms with Crippen molar-refractivity contribution in [1.29, 1.82) is 0 Å². The quantitative estimate of drug-likeness (QED) is 0.266. The molecule has 11 heteroatoms. The van der Waals surface area contributed by atoms with Gasteiger partial charge in [0.05, 0.1) is 36.1 Å². The maximum absolute atomic E-state index is 15.1. The molecule has 2 heterocycles. The van der Waals surface area contributed by atoms with Gasteiger partial charge >= 0.3 is 0 Å². The third-order valence-corrected chi connectivity index (χ3v) is 6.80. The lowest BCUT2D eigenvalue weighted by atomic mass is 10.1. The van der Waals surface area contributed by atoms with E-state index in [-0.39, 0.29) is 17.0 Å². The highest BCUT2D eigenvalue weighted by atomic mass is 35.5. The second-order valence-electron chi connectivity index (χ2n) is 8.79. The van der Waals surface area contributed by atoms with Crippen LogP contribution in [0.25, 0.3) is 16.6 Å². The summed E-state index contributed by atoms with van der Waals surface area (Å²) in [4.78, 5) is 30.7. The number of nitrogens with zero attached hydrogens (tertiary/aromatic N) is 3. The monoisotopic (exact) mass is 562 g/mol. The summed E-state index contributed by atoms with van der Waals surface area (Å²) in [5.74, 6) is -0.159. The molecule has 5 aromatic rings. The molecule has 0 atom stereocenters. The first-order chi connectivity index (χ1) is 19.2. The molecule has 0 spiro atoms. The summed E-state index contributed by atoms with van der Waals surface area (Å²) >= 11 is 6.28. The number of fused-ring (bicyclic) bond motifs is 1. The van der Waals surface area contributed by atoms with Crippen LogP contribution in [0.4, 0.5) is 10.1 Å². The van der Waals surface area contributed by atoms with E-state index in [9.17, 15) is 9.59 Å². The van der Waals surface area contributed by atoms with Gasteiger partial charge in [-0.05, 0) is 43.3 Å². The van der Waals surface area contributed by atoms with E-state index in [0.717, 1.165) is 6.07 Å². The summed E-state index contributed by atoms with van der Waals surface area (Å²) in [5, 5.41) is 3.55. The van der Waals surface area contributed by atoms with Gasteiger partial charge in [0.1, 0.15) is 11.3 Å². The maximum Gasteiger partial charge on any atom is 0.284 e. The van der Waals surface area contributed by atoms with E-state index in [0.29, 0.717) is 44.6 Å². The number of hydrogen-bond acceptors (Lipinski definition) is 6. The Balaban J connectivity index is 1.42. The zero-order chi connectivity index (χ0) is 28.6. The number of aromatic nitrogens is 3. The first-order valence-electron chi connectivity index (χ1n) is 12.1. The molecule has 1 N–H and O–H groups in total. The summed E-state index contributed by atoms with van der Waals surface area (Å²) in [6.45, 7) is 1.64. The van der Waals surface area contributed by atoms with Crippen LogP contribution in [-0.2, 0) is 7.05 Å². The number of methoxy groups -OCH3 is 2. The fourth-order valence-corrected chi connectivity index (χ4v) is 4.59. The number of amides is 1. The zero-order valence-electron chi connectivity index (χ0n) is 22.0. The number of carbonyl (C=O) groups excluding carboxylic acids is 1. The molecule has 0 unspecified atom stereocenters. The molecule has 2 aromatic heterocycles. The summed E-state index contributed by atoms with van der Waals surface area (Å²) in [7, 11) is 4.68. The van der Waals surface area contributed by atoms with E-state index in [4.69, 9.17) is 25.8 Å². The minimum Gasteiger partial charge on any atom is -0.493 e. The number of anilines is 1. The molecule has 0 saturated carbocycles. The van der Waals surface area contributed by atoms with Crippen LogP contribution in [0, 0.1) is 12.7 Å². The van der Waals surface area contributed by atoms with Crippen molar-refractivity contribution >= 4 is 34.1 Å². The molecule has 0 aliphatic heterocycles. The third kappa shape index (κ3) is 4.73. The molecule has 0 aliphatic carbocycles.